The zero-order valence-electron chi connectivity index (χ0n) is 10.1. The number of nitrogens with two attached hydrogens (primary N) is 1. The van der Waals surface area contributed by atoms with Crippen LogP contribution in [-0.4, -0.2) is 20.2 Å². The number of piperidine rings is 1. The number of methoxy groups -OCH3 is 1. The molecule has 0 atom stereocenters. The Hall–Kier alpha value is -1.38. The SMILES string of the molecule is COc1c(N)cccc1N1CCC(C)CC1. The summed E-state index contributed by atoms with van der Waals surface area (Å²) in [6.45, 7) is 4.51. The summed E-state index contributed by atoms with van der Waals surface area (Å²) in [6, 6.07) is 5.96. The first-order valence-electron chi connectivity index (χ1n) is 5.89. The average Bonchev–Trinajstić information content (AvgIpc) is 2.30. The van der Waals surface area contributed by atoms with Crippen molar-refractivity contribution in [3.63, 3.8) is 0 Å². The predicted molar refractivity (Wildman–Crippen MR) is 68.0 cm³/mol. The zero-order valence-corrected chi connectivity index (χ0v) is 10.1. The van der Waals surface area contributed by atoms with Gasteiger partial charge in [-0.25, -0.2) is 0 Å². The molecule has 3 nitrogen and oxygen atoms in total. The van der Waals surface area contributed by atoms with Crippen LogP contribution in [0.1, 0.15) is 19.8 Å². The third-order valence-electron chi connectivity index (χ3n) is 3.35. The lowest BCUT2D eigenvalue weighted by molar-refractivity contribution is 0.406. The van der Waals surface area contributed by atoms with Gasteiger partial charge in [-0.15, -0.1) is 0 Å². The summed E-state index contributed by atoms with van der Waals surface area (Å²) in [4.78, 5) is 2.37. The van der Waals surface area contributed by atoms with E-state index in [4.69, 9.17) is 10.5 Å². The summed E-state index contributed by atoms with van der Waals surface area (Å²) < 4.78 is 5.39. The molecule has 0 aromatic heterocycles. The molecule has 88 valence electrons. The maximum atomic E-state index is 5.91. The molecule has 1 aliphatic rings. The molecule has 2 N–H and O–H groups in total. The lowest BCUT2D eigenvalue weighted by Crippen LogP contribution is -2.33. The van der Waals surface area contributed by atoms with Crippen molar-refractivity contribution in [2.24, 2.45) is 5.92 Å². The molecule has 1 aliphatic heterocycles. The maximum Gasteiger partial charge on any atom is 0.165 e. The van der Waals surface area contributed by atoms with Gasteiger partial charge in [-0.3, -0.25) is 0 Å². The third-order valence-corrected chi connectivity index (χ3v) is 3.35. The molecule has 3 heteroatoms. The standard InChI is InChI=1S/C13H20N2O/c1-10-6-8-15(9-7-10)12-5-3-4-11(14)13(12)16-2/h3-5,10H,6-9,14H2,1-2H3. The van der Waals surface area contributed by atoms with Crippen molar-refractivity contribution in [3.05, 3.63) is 18.2 Å². The van der Waals surface area contributed by atoms with E-state index in [1.807, 2.05) is 12.1 Å². The Labute approximate surface area is 97.2 Å². The Morgan fingerprint density at radius 3 is 2.62 bits per heavy atom. The zero-order chi connectivity index (χ0) is 11.5. The molecule has 1 heterocycles. The molecule has 0 aliphatic carbocycles. The molecular weight excluding hydrogens is 200 g/mol. The van der Waals surface area contributed by atoms with Crippen molar-refractivity contribution in [3.8, 4) is 5.75 Å². The molecule has 0 unspecified atom stereocenters. The van der Waals surface area contributed by atoms with Crippen LogP contribution in [0, 0.1) is 5.92 Å². The van der Waals surface area contributed by atoms with E-state index in [1.54, 1.807) is 7.11 Å². The minimum absolute atomic E-state index is 0.721. The van der Waals surface area contributed by atoms with Crippen LogP contribution in [0.3, 0.4) is 0 Å². The molecule has 0 saturated carbocycles. The van der Waals surface area contributed by atoms with Gasteiger partial charge < -0.3 is 15.4 Å². The molecule has 1 fully saturated rings. The van der Waals surface area contributed by atoms with E-state index in [0.29, 0.717) is 0 Å². The molecule has 16 heavy (non-hydrogen) atoms. The Morgan fingerprint density at radius 2 is 2.00 bits per heavy atom. The van der Waals surface area contributed by atoms with E-state index in [9.17, 15) is 0 Å². The van der Waals surface area contributed by atoms with Gasteiger partial charge in [-0.05, 0) is 30.9 Å². The summed E-state index contributed by atoms with van der Waals surface area (Å²) >= 11 is 0. The van der Waals surface area contributed by atoms with E-state index in [-0.39, 0.29) is 0 Å². The fourth-order valence-electron chi connectivity index (χ4n) is 2.26. The molecule has 1 aromatic rings. The highest BCUT2D eigenvalue weighted by atomic mass is 16.5. The maximum absolute atomic E-state index is 5.91. The van der Waals surface area contributed by atoms with Crippen molar-refractivity contribution in [2.45, 2.75) is 19.8 Å². The average molecular weight is 220 g/mol. The van der Waals surface area contributed by atoms with Gasteiger partial charge in [0.2, 0.25) is 0 Å². The third kappa shape index (κ3) is 2.08. The summed E-state index contributed by atoms with van der Waals surface area (Å²) in [6.07, 6.45) is 2.50. The Bertz CT molecular complexity index is 357. The topological polar surface area (TPSA) is 38.5 Å². The van der Waals surface area contributed by atoms with Crippen molar-refractivity contribution >= 4 is 11.4 Å². The fourth-order valence-corrected chi connectivity index (χ4v) is 2.26. The van der Waals surface area contributed by atoms with Gasteiger partial charge in [0.05, 0.1) is 18.5 Å². The van der Waals surface area contributed by atoms with Crippen molar-refractivity contribution in [1.29, 1.82) is 0 Å². The number of ether oxygens (including phenoxy) is 1. The highest BCUT2D eigenvalue weighted by Gasteiger charge is 2.19. The first kappa shape index (κ1) is 11.1. The number of anilines is 2. The van der Waals surface area contributed by atoms with Crippen LogP contribution in [0.15, 0.2) is 18.2 Å². The number of para-hydroxylation sites is 1. The van der Waals surface area contributed by atoms with Gasteiger partial charge in [-0.1, -0.05) is 13.0 Å². The van der Waals surface area contributed by atoms with Crippen LogP contribution in [0.4, 0.5) is 11.4 Å². The summed E-state index contributed by atoms with van der Waals surface area (Å²) in [5.41, 5.74) is 7.77. The second-order valence-corrected chi connectivity index (χ2v) is 4.57. The predicted octanol–water partition coefficient (Wildman–Crippen LogP) is 2.51. The largest absolute Gasteiger partial charge is 0.492 e. The molecule has 0 bridgehead atoms. The van der Waals surface area contributed by atoms with Crippen molar-refractivity contribution in [2.75, 3.05) is 30.8 Å². The summed E-state index contributed by atoms with van der Waals surface area (Å²) in [7, 11) is 1.68. The lowest BCUT2D eigenvalue weighted by Gasteiger charge is -2.33. The van der Waals surface area contributed by atoms with Crippen LogP contribution >= 0.6 is 0 Å². The number of nitrogen functional groups attached to an aromatic ring is 1. The van der Waals surface area contributed by atoms with Gasteiger partial charge in [0.25, 0.3) is 0 Å². The first-order chi connectivity index (χ1) is 7.72. The molecule has 0 amide bonds. The number of rotatable bonds is 2. The van der Waals surface area contributed by atoms with Gasteiger partial charge in [0.1, 0.15) is 0 Å². The highest BCUT2D eigenvalue weighted by Crippen LogP contribution is 2.35. The first-order valence-corrected chi connectivity index (χ1v) is 5.89. The minimum Gasteiger partial charge on any atom is -0.492 e. The van der Waals surface area contributed by atoms with Gasteiger partial charge in [0, 0.05) is 13.1 Å². The number of nitrogens with zero attached hydrogens (tertiary/aromatic N) is 1. The number of hydrogen-bond acceptors (Lipinski definition) is 3. The van der Waals surface area contributed by atoms with Crippen LogP contribution in [-0.2, 0) is 0 Å². The van der Waals surface area contributed by atoms with Crippen LogP contribution in [0.2, 0.25) is 0 Å². The van der Waals surface area contributed by atoms with Crippen LogP contribution in [0.5, 0.6) is 5.75 Å². The molecular formula is C13H20N2O. The Morgan fingerprint density at radius 1 is 1.31 bits per heavy atom. The van der Waals surface area contributed by atoms with Gasteiger partial charge in [-0.2, -0.15) is 0 Å². The molecule has 1 saturated heterocycles. The fraction of sp³-hybridized carbons (Fsp3) is 0.538. The molecule has 2 rings (SSSR count). The smallest absolute Gasteiger partial charge is 0.165 e. The minimum atomic E-state index is 0.721. The Kier molecular flexibility index (Phi) is 3.22. The quantitative estimate of drug-likeness (QED) is 0.778. The molecule has 1 aromatic carbocycles. The van der Waals surface area contributed by atoms with E-state index >= 15 is 0 Å². The molecule has 0 radical (unpaired) electrons. The van der Waals surface area contributed by atoms with E-state index in [1.165, 1.54) is 12.8 Å². The van der Waals surface area contributed by atoms with Crippen LogP contribution in [0.25, 0.3) is 0 Å². The summed E-state index contributed by atoms with van der Waals surface area (Å²) in [5, 5.41) is 0. The van der Waals surface area contributed by atoms with Gasteiger partial charge >= 0.3 is 0 Å². The second kappa shape index (κ2) is 4.64. The molecule has 0 spiro atoms. The van der Waals surface area contributed by atoms with Crippen LogP contribution < -0.4 is 15.4 Å². The highest BCUT2D eigenvalue weighted by molar-refractivity contribution is 5.70. The summed E-state index contributed by atoms with van der Waals surface area (Å²) in [5.74, 6) is 1.65. The number of benzene rings is 1. The number of hydrogen-bond donors (Lipinski definition) is 1. The van der Waals surface area contributed by atoms with E-state index < -0.39 is 0 Å². The lowest BCUT2D eigenvalue weighted by atomic mass is 9.98. The second-order valence-electron chi connectivity index (χ2n) is 4.57. The van der Waals surface area contributed by atoms with Crippen molar-refractivity contribution < 1.29 is 4.74 Å². The van der Waals surface area contributed by atoms with E-state index in [2.05, 4.69) is 17.9 Å². The van der Waals surface area contributed by atoms with Crippen molar-refractivity contribution in [1.82, 2.24) is 0 Å². The van der Waals surface area contributed by atoms with Gasteiger partial charge in [0.15, 0.2) is 5.75 Å². The Balaban J connectivity index is 2.23. The van der Waals surface area contributed by atoms with E-state index in [0.717, 1.165) is 36.1 Å². The normalized spacial score (nSPS) is 17.5. The monoisotopic (exact) mass is 220 g/mol.